The molecule has 0 spiro atoms. The molecule has 252 valence electrons. The second-order valence-electron chi connectivity index (χ2n) is 11.2. The number of carbonyl (C=O) groups excluding carboxylic acids is 6. The van der Waals surface area contributed by atoms with E-state index >= 15 is 0 Å². The second kappa shape index (κ2) is 17.2. The Labute approximate surface area is 260 Å². The Morgan fingerprint density at radius 2 is 1.60 bits per heavy atom. The summed E-state index contributed by atoms with van der Waals surface area (Å²) >= 11 is 0. The number of nitrogens with zero attached hydrogens (tertiary/aromatic N) is 3. The van der Waals surface area contributed by atoms with Crippen molar-refractivity contribution in [2.45, 2.75) is 101 Å². The van der Waals surface area contributed by atoms with Crippen molar-refractivity contribution in [2.24, 2.45) is 22.2 Å². The number of hydrogen-bond donors (Lipinski definition) is 8. The summed E-state index contributed by atoms with van der Waals surface area (Å²) in [6.07, 6.45) is 0.756. The maximum atomic E-state index is 13.8. The molecule has 2 heterocycles. The first kappa shape index (κ1) is 36.9. The average Bonchev–Trinajstić information content (AvgIpc) is 3.65. The lowest BCUT2D eigenvalue weighted by molar-refractivity contribution is -0.144. The molecule has 0 aromatic heterocycles. The third-order valence-corrected chi connectivity index (χ3v) is 7.66. The smallest absolute Gasteiger partial charge is 0.305 e. The molecule has 2 fully saturated rings. The fourth-order valence-electron chi connectivity index (χ4n) is 5.30. The van der Waals surface area contributed by atoms with Gasteiger partial charge in [0.15, 0.2) is 5.96 Å². The minimum Gasteiger partial charge on any atom is -0.481 e. The standard InChI is InChI=1S/C27H45N9O9/c1-14(25(44)35-10-4-6-16(35)13-37)32-23(42)19-8-5-11-36(19)26(45)18(7-3-9-31-27(29)30)33-24(43)21(15(2)38)34-22(41)17(28)12-20(39)40/h13-19,21,38H,3-12,28H2,1-2H3,(H,32,42)(H,33,43)(H,34,41)(H,39,40)(H4,29,30,31)/t14-,15+,16-,17-,18-,19-,21-/m0/s1. The highest BCUT2D eigenvalue weighted by atomic mass is 16.4. The van der Waals surface area contributed by atoms with Gasteiger partial charge >= 0.3 is 5.97 Å². The van der Waals surface area contributed by atoms with Crippen LogP contribution in [0.2, 0.25) is 0 Å². The quantitative estimate of drug-likeness (QED) is 0.0346. The first-order valence-electron chi connectivity index (χ1n) is 14.9. The van der Waals surface area contributed by atoms with Crippen LogP contribution in [0.15, 0.2) is 4.99 Å². The molecule has 0 aliphatic carbocycles. The van der Waals surface area contributed by atoms with Crippen LogP contribution in [0.1, 0.15) is 58.8 Å². The normalized spacial score (nSPS) is 21.1. The number of carboxylic acid groups (broad SMARTS) is 1. The van der Waals surface area contributed by atoms with E-state index in [0.29, 0.717) is 38.5 Å². The van der Waals surface area contributed by atoms with Crippen LogP contribution >= 0.6 is 0 Å². The lowest BCUT2D eigenvalue weighted by atomic mass is 10.1. The summed E-state index contributed by atoms with van der Waals surface area (Å²) in [5.41, 5.74) is 16.3. The van der Waals surface area contributed by atoms with Gasteiger partial charge in [-0.25, -0.2) is 0 Å². The molecule has 11 N–H and O–H groups in total. The SMILES string of the molecule is C[C@H](NC(=O)[C@@H]1CCCN1C(=O)[C@H](CCCN=C(N)N)NC(=O)[C@@H](NC(=O)[C@@H](N)CC(=O)O)[C@@H](C)O)C(=O)N1CCC[C@H]1C=O. The molecule has 0 radical (unpaired) electrons. The molecule has 5 amide bonds. The van der Waals surface area contributed by atoms with Gasteiger partial charge in [0.25, 0.3) is 0 Å². The third kappa shape index (κ3) is 10.7. The van der Waals surface area contributed by atoms with Crippen LogP contribution in [-0.4, -0.2) is 130 Å². The summed E-state index contributed by atoms with van der Waals surface area (Å²) in [5, 5.41) is 26.5. The van der Waals surface area contributed by atoms with Crippen molar-refractivity contribution in [1.29, 1.82) is 0 Å². The molecule has 2 aliphatic rings. The highest BCUT2D eigenvalue weighted by Gasteiger charge is 2.40. The van der Waals surface area contributed by atoms with E-state index in [4.69, 9.17) is 22.3 Å². The number of hydrogen-bond acceptors (Lipinski definition) is 10. The van der Waals surface area contributed by atoms with Crippen LogP contribution in [0, 0.1) is 0 Å². The van der Waals surface area contributed by atoms with Gasteiger partial charge in [-0.15, -0.1) is 0 Å². The average molecular weight is 640 g/mol. The summed E-state index contributed by atoms with van der Waals surface area (Å²) in [6, 6.07) is -6.77. The Bertz CT molecular complexity index is 1140. The number of aliphatic hydroxyl groups is 1. The number of carbonyl (C=O) groups is 7. The van der Waals surface area contributed by atoms with Crippen molar-refractivity contribution in [3.63, 3.8) is 0 Å². The largest absolute Gasteiger partial charge is 0.481 e. The number of aliphatic hydroxyl groups excluding tert-OH is 1. The molecular formula is C27H45N9O9. The number of nitrogens with one attached hydrogen (secondary N) is 3. The molecule has 0 aromatic carbocycles. The predicted molar refractivity (Wildman–Crippen MR) is 159 cm³/mol. The Hall–Kier alpha value is -4.32. The molecule has 2 aliphatic heterocycles. The predicted octanol–water partition coefficient (Wildman–Crippen LogP) is -4.12. The monoisotopic (exact) mass is 639 g/mol. The lowest BCUT2D eigenvalue weighted by Gasteiger charge is -2.31. The Morgan fingerprint density at radius 3 is 2.20 bits per heavy atom. The van der Waals surface area contributed by atoms with Crippen molar-refractivity contribution < 1.29 is 43.8 Å². The van der Waals surface area contributed by atoms with E-state index in [1.807, 2.05) is 0 Å². The van der Waals surface area contributed by atoms with E-state index in [1.54, 1.807) is 0 Å². The van der Waals surface area contributed by atoms with E-state index in [2.05, 4.69) is 20.9 Å². The molecule has 7 atom stereocenters. The first-order valence-corrected chi connectivity index (χ1v) is 14.9. The zero-order valence-corrected chi connectivity index (χ0v) is 25.5. The summed E-state index contributed by atoms with van der Waals surface area (Å²) in [5.74, 6) is -5.07. The number of carboxylic acids is 1. The molecule has 18 heteroatoms. The van der Waals surface area contributed by atoms with Crippen molar-refractivity contribution in [3.8, 4) is 0 Å². The van der Waals surface area contributed by atoms with E-state index < -0.39 is 84.3 Å². The third-order valence-electron chi connectivity index (χ3n) is 7.66. The zero-order chi connectivity index (χ0) is 33.8. The van der Waals surface area contributed by atoms with Gasteiger partial charge in [-0.1, -0.05) is 0 Å². The Kier molecular flexibility index (Phi) is 14.1. The van der Waals surface area contributed by atoms with Crippen LogP contribution in [0.4, 0.5) is 0 Å². The van der Waals surface area contributed by atoms with Gasteiger partial charge in [-0.3, -0.25) is 33.8 Å². The van der Waals surface area contributed by atoms with E-state index in [0.717, 1.165) is 0 Å². The molecular weight excluding hydrogens is 594 g/mol. The summed E-state index contributed by atoms with van der Waals surface area (Å²) in [4.78, 5) is 94.4. The minimum atomic E-state index is -1.59. The van der Waals surface area contributed by atoms with Gasteiger partial charge < -0.3 is 58.0 Å². The van der Waals surface area contributed by atoms with Crippen molar-refractivity contribution in [1.82, 2.24) is 25.8 Å². The maximum Gasteiger partial charge on any atom is 0.305 e. The van der Waals surface area contributed by atoms with Crippen molar-refractivity contribution >= 4 is 47.8 Å². The summed E-state index contributed by atoms with van der Waals surface area (Å²) in [7, 11) is 0. The highest BCUT2D eigenvalue weighted by molar-refractivity contribution is 5.97. The topological polar surface area (TPSA) is 293 Å². The molecule has 18 nitrogen and oxygen atoms in total. The lowest BCUT2D eigenvalue weighted by Crippen LogP contribution is -2.60. The van der Waals surface area contributed by atoms with Crippen LogP contribution in [0.5, 0.6) is 0 Å². The summed E-state index contributed by atoms with van der Waals surface area (Å²) < 4.78 is 0. The Morgan fingerprint density at radius 1 is 0.956 bits per heavy atom. The number of aldehydes is 1. The van der Waals surface area contributed by atoms with E-state index in [-0.39, 0.29) is 31.9 Å². The number of aliphatic imine (C=N–C) groups is 1. The van der Waals surface area contributed by atoms with E-state index in [1.165, 1.54) is 23.6 Å². The van der Waals surface area contributed by atoms with Gasteiger partial charge in [0.1, 0.15) is 30.5 Å². The van der Waals surface area contributed by atoms with Gasteiger partial charge in [-0.05, 0) is 52.4 Å². The molecule has 0 unspecified atom stereocenters. The highest BCUT2D eigenvalue weighted by Crippen LogP contribution is 2.21. The molecule has 2 rings (SSSR count). The van der Waals surface area contributed by atoms with Gasteiger partial charge in [0.05, 0.1) is 24.6 Å². The van der Waals surface area contributed by atoms with Gasteiger partial charge in [0, 0.05) is 19.6 Å². The second-order valence-corrected chi connectivity index (χ2v) is 11.2. The number of aliphatic carboxylic acids is 1. The maximum absolute atomic E-state index is 13.8. The zero-order valence-electron chi connectivity index (χ0n) is 25.5. The number of rotatable bonds is 16. The molecule has 0 aromatic rings. The van der Waals surface area contributed by atoms with Gasteiger partial charge in [0.2, 0.25) is 29.5 Å². The number of amides is 5. The Balaban J connectivity index is 2.18. The number of likely N-dealkylation sites (tertiary alicyclic amines) is 2. The van der Waals surface area contributed by atoms with Crippen LogP contribution in [-0.2, 0) is 33.6 Å². The molecule has 0 saturated carbocycles. The summed E-state index contributed by atoms with van der Waals surface area (Å²) in [6.45, 7) is 3.41. The molecule has 2 saturated heterocycles. The number of nitrogens with two attached hydrogens (primary N) is 3. The van der Waals surface area contributed by atoms with Crippen molar-refractivity contribution in [3.05, 3.63) is 0 Å². The van der Waals surface area contributed by atoms with Crippen LogP contribution in [0.25, 0.3) is 0 Å². The van der Waals surface area contributed by atoms with Crippen LogP contribution in [0.3, 0.4) is 0 Å². The van der Waals surface area contributed by atoms with E-state index in [9.17, 15) is 38.7 Å². The molecule has 0 bridgehead atoms. The van der Waals surface area contributed by atoms with Crippen LogP contribution < -0.4 is 33.2 Å². The fourth-order valence-corrected chi connectivity index (χ4v) is 5.30. The van der Waals surface area contributed by atoms with Gasteiger partial charge in [-0.2, -0.15) is 0 Å². The number of guanidine groups is 1. The first-order chi connectivity index (χ1) is 21.2. The fraction of sp³-hybridized carbons (Fsp3) is 0.704. The molecule has 45 heavy (non-hydrogen) atoms. The van der Waals surface area contributed by atoms with Crippen molar-refractivity contribution in [2.75, 3.05) is 19.6 Å². The minimum absolute atomic E-state index is 0.0160.